The van der Waals surface area contributed by atoms with Crippen LogP contribution in [0, 0.1) is 11.3 Å². The number of anilines is 1. The van der Waals surface area contributed by atoms with Gasteiger partial charge in [0, 0.05) is 38.7 Å². The molecule has 5 heteroatoms. The number of rotatable bonds is 7. The molecule has 2 amide bonds. The predicted octanol–water partition coefficient (Wildman–Crippen LogP) is 3.35. The summed E-state index contributed by atoms with van der Waals surface area (Å²) in [7, 11) is 0. The molecule has 2 aromatic rings. The molecule has 0 N–H and O–H groups in total. The Balaban J connectivity index is 2.04. The van der Waals surface area contributed by atoms with Crippen molar-refractivity contribution in [1.29, 1.82) is 5.26 Å². The van der Waals surface area contributed by atoms with Crippen LogP contribution in [0.4, 0.5) is 5.69 Å². The maximum Gasteiger partial charge on any atom is 0.224 e. The summed E-state index contributed by atoms with van der Waals surface area (Å²) >= 11 is 0. The monoisotopic (exact) mass is 349 g/mol. The van der Waals surface area contributed by atoms with E-state index in [1.807, 2.05) is 37.3 Å². The molecule has 0 aliphatic heterocycles. The van der Waals surface area contributed by atoms with Crippen molar-refractivity contribution in [1.82, 2.24) is 4.90 Å². The lowest BCUT2D eigenvalue weighted by molar-refractivity contribution is -0.131. The fourth-order valence-corrected chi connectivity index (χ4v) is 2.76. The van der Waals surface area contributed by atoms with E-state index in [-0.39, 0.29) is 24.8 Å². The van der Waals surface area contributed by atoms with Crippen molar-refractivity contribution in [3.05, 3.63) is 65.7 Å². The van der Waals surface area contributed by atoms with Gasteiger partial charge in [-0.05, 0) is 30.7 Å². The molecule has 0 radical (unpaired) electrons. The van der Waals surface area contributed by atoms with Crippen molar-refractivity contribution in [2.45, 2.75) is 26.8 Å². The van der Waals surface area contributed by atoms with Gasteiger partial charge in [-0.3, -0.25) is 9.59 Å². The van der Waals surface area contributed by atoms with Gasteiger partial charge in [-0.1, -0.05) is 36.4 Å². The first-order valence-electron chi connectivity index (χ1n) is 8.65. The molecule has 2 aromatic carbocycles. The molecule has 0 heterocycles. The van der Waals surface area contributed by atoms with Crippen LogP contribution in [0.1, 0.15) is 31.4 Å². The molecule has 26 heavy (non-hydrogen) atoms. The highest BCUT2D eigenvalue weighted by Gasteiger charge is 2.17. The van der Waals surface area contributed by atoms with E-state index in [2.05, 4.69) is 6.07 Å². The first-order valence-corrected chi connectivity index (χ1v) is 8.65. The van der Waals surface area contributed by atoms with Gasteiger partial charge in [-0.25, -0.2) is 0 Å². The molecule has 0 aliphatic carbocycles. The number of hydrogen-bond acceptors (Lipinski definition) is 3. The van der Waals surface area contributed by atoms with Crippen molar-refractivity contribution in [2.75, 3.05) is 18.0 Å². The second kappa shape index (κ2) is 9.38. The minimum Gasteiger partial charge on any atom is -0.339 e. The molecule has 0 fully saturated rings. The second-order valence-corrected chi connectivity index (χ2v) is 5.98. The van der Waals surface area contributed by atoms with Crippen LogP contribution in [0.3, 0.4) is 0 Å². The summed E-state index contributed by atoms with van der Waals surface area (Å²) < 4.78 is 0. The zero-order valence-corrected chi connectivity index (χ0v) is 15.2. The van der Waals surface area contributed by atoms with Gasteiger partial charge in [-0.15, -0.1) is 0 Å². The molecular weight excluding hydrogens is 326 g/mol. The Bertz CT molecular complexity index is 796. The van der Waals surface area contributed by atoms with Crippen molar-refractivity contribution < 1.29 is 9.59 Å². The van der Waals surface area contributed by atoms with Gasteiger partial charge < -0.3 is 9.80 Å². The first kappa shape index (κ1) is 19.2. The van der Waals surface area contributed by atoms with E-state index in [9.17, 15) is 9.59 Å². The van der Waals surface area contributed by atoms with E-state index in [1.54, 1.807) is 29.2 Å². The summed E-state index contributed by atoms with van der Waals surface area (Å²) in [6.45, 7) is 4.86. The highest BCUT2D eigenvalue weighted by atomic mass is 16.2. The maximum atomic E-state index is 12.6. The molecule has 134 valence electrons. The minimum atomic E-state index is -0.154. The average molecular weight is 349 g/mol. The minimum absolute atomic E-state index is 0.000888. The summed E-state index contributed by atoms with van der Waals surface area (Å²) in [5.74, 6) is -0.155. The summed E-state index contributed by atoms with van der Waals surface area (Å²) in [5, 5.41) is 9.03. The van der Waals surface area contributed by atoms with Crippen LogP contribution >= 0.6 is 0 Å². The normalized spacial score (nSPS) is 10.0. The van der Waals surface area contributed by atoms with Gasteiger partial charge in [0.05, 0.1) is 11.6 Å². The smallest absolute Gasteiger partial charge is 0.224 e. The van der Waals surface area contributed by atoms with Gasteiger partial charge in [0.15, 0.2) is 0 Å². The fraction of sp³-hybridized carbons (Fsp3) is 0.286. The second-order valence-electron chi connectivity index (χ2n) is 5.98. The van der Waals surface area contributed by atoms with Crippen molar-refractivity contribution in [2.24, 2.45) is 0 Å². The van der Waals surface area contributed by atoms with Crippen LogP contribution in [0.25, 0.3) is 0 Å². The lowest BCUT2D eigenvalue weighted by Crippen LogP contribution is -2.36. The summed E-state index contributed by atoms with van der Waals surface area (Å²) in [5.41, 5.74) is 2.20. The van der Waals surface area contributed by atoms with Crippen LogP contribution in [-0.2, 0) is 16.1 Å². The van der Waals surface area contributed by atoms with Crippen LogP contribution in [0.15, 0.2) is 54.6 Å². The van der Waals surface area contributed by atoms with Gasteiger partial charge in [0.1, 0.15) is 0 Å². The van der Waals surface area contributed by atoms with Crippen LogP contribution in [0.5, 0.6) is 0 Å². The lowest BCUT2D eigenvalue weighted by atomic mass is 10.2. The maximum absolute atomic E-state index is 12.6. The number of nitriles is 1. The molecule has 0 saturated carbocycles. The Morgan fingerprint density at radius 2 is 1.81 bits per heavy atom. The number of carbonyl (C=O) groups excluding carboxylic acids is 2. The van der Waals surface area contributed by atoms with Gasteiger partial charge >= 0.3 is 0 Å². The third kappa shape index (κ3) is 5.18. The first-order chi connectivity index (χ1) is 12.5. The number of amides is 2. The van der Waals surface area contributed by atoms with Gasteiger partial charge in [0.25, 0.3) is 0 Å². The van der Waals surface area contributed by atoms with E-state index in [0.29, 0.717) is 24.3 Å². The Kier molecular flexibility index (Phi) is 6.92. The van der Waals surface area contributed by atoms with E-state index >= 15 is 0 Å². The SMILES string of the molecule is CCN(Cc1ccccc1)C(=O)CCN(C(C)=O)c1cccc(C#N)c1. The summed E-state index contributed by atoms with van der Waals surface area (Å²) in [4.78, 5) is 27.9. The Morgan fingerprint density at radius 1 is 1.08 bits per heavy atom. The number of hydrogen-bond donors (Lipinski definition) is 0. The van der Waals surface area contributed by atoms with Gasteiger partial charge in [-0.2, -0.15) is 5.26 Å². The number of nitrogens with zero attached hydrogens (tertiary/aromatic N) is 3. The Hall–Kier alpha value is -3.13. The predicted molar refractivity (Wildman–Crippen MR) is 101 cm³/mol. The standard InChI is InChI=1S/C21H23N3O2/c1-3-23(16-18-8-5-4-6-9-18)21(26)12-13-24(17(2)25)20-11-7-10-19(14-20)15-22/h4-11,14H,3,12-13,16H2,1-2H3. The van der Waals surface area contributed by atoms with Crippen molar-refractivity contribution >= 4 is 17.5 Å². The third-order valence-electron chi connectivity index (χ3n) is 4.17. The molecule has 0 aromatic heterocycles. The average Bonchev–Trinajstić information content (AvgIpc) is 2.66. The highest BCUT2D eigenvalue weighted by Crippen LogP contribution is 2.17. The van der Waals surface area contributed by atoms with Crippen LogP contribution in [-0.4, -0.2) is 29.8 Å². The number of carbonyl (C=O) groups is 2. The van der Waals surface area contributed by atoms with E-state index in [0.717, 1.165) is 5.56 Å². The number of benzene rings is 2. The molecule has 0 atom stereocenters. The molecule has 0 aliphatic rings. The van der Waals surface area contributed by atoms with Crippen molar-refractivity contribution in [3.63, 3.8) is 0 Å². The largest absolute Gasteiger partial charge is 0.339 e. The fourth-order valence-electron chi connectivity index (χ4n) is 2.76. The Morgan fingerprint density at radius 3 is 2.42 bits per heavy atom. The zero-order valence-electron chi connectivity index (χ0n) is 15.2. The van der Waals surface area contributed by atoms with Gasteiger partial charge in [0.2, 0.25) is 11.8 Å². The van der Waals surface area contributed by atoms with E-state index in [1.165, 1.54) is 11.8 Å². The summed E-state index contributed by atoms with van der Waals surface area (Å²) in [6, 6.07) is 18.8. The molecular formula is C21H23N3O2. The quantitative estimate of drug-likeness (QED) is 0.770. The Labute approximate surface area is 154 Å². The topological polar surface area (TPSA) is 64.4 Å². The van der Waals surface area contributed by atoms with Crippen LogP contribution in [0.2, 0.25) is 0 Å². The molecule has 0 spiro atoms. The van der Waals surface area contributed by atoms with E-state index < -0.39 is 0 Å². The summed E-state index contributed by atoms with van der Waals surface area (Å²) in [6.07, 6.45) is 0.233. The third-order valence-corrected chi connectivity index (χ3v) is 4.17. The highest BCUT2D eigenvalue weighted by molar-refractivity contribution is 5.92. The molecule has 5 nitrogen and oxygen atoms in total. The molecule has 0 saturated heterocycles. The molecule has 0 bridgehead atoms. The van der Waals surface area contributed by atoms with Crippen molar-refractivity contribution in [3.8, 4) is 6.07 Å². The lowest BCUT2D eigenvalue weighted by Gasteiger charge is -2.25. The van der Waals surface area contributed by atoms with Crippen LogP contribution < -0.4 is 4.90 Å². The zero-order chi connectivity index (χ0) is 18.9. The van der Waals surface area contributed by atoms with E-state index in [4.69, 9.17) is 5.26 Å². The molecule has 0 unspecified atom stereocenters. The molecule has 2 rings (SSSR count).